The minimum Gasteiger partial charge on any atom is -0.373 e. The number of rotatable bonds is 5. The lowest BCUT2D eigenvalue weighted by atomic mass is 10.0. The molecule has 2 N–H and O–H groups in total. The molecule has 1 aliphatic rings. The predicted molar refractivity (Wildman–Crippen MR) is 66.5 cm³/mol. The Morgan fingerprint density at radius 2 is 1.78 bits per heavy atom. The SMILES string of the molecule is NC1(COCC(F)(F)c2ccccc2)CCCC1. The van der Waals surface area contributed by atoms with Crippen molar-refractivity contribution in [2.24, 2.45) is 5.73 Å². The van der Waals surface area contributed by atoms with Crippen molar-refractivity contribution >= 4 is 0 Å². The van der Waals surface area contributed by atoms with Crippen LogP contribution in [0.5, 0.6) is 0 Å². The van der Waals surface area contributed by atoms with Crippen LogP contribution < -0.4 is 5.73 Å². The van der Waals surface area contributed by atoms with E-state index in [0.717, 1.165) is 25.7 Å². The minimum atomic E-state index is -2.95. The van der Waals surface area contributed by atoms with E-state index < -0.39 is 18.1 Å². The number of benzene rings is 1. The molecule has 1 aromatic rings. The van der Waals surface area contributed by atoms with Crippen molar-refractivity contribution in [3.8, 4) is 0 Å². The van der Waals surface area contributed by atoms with Crippen molar-refractivity contribution in [1.82, 2.24) is 0 Å². The molecule has 0 heterocycles. The second kappa shape index (κ2) is 5.33. The topological polar surface area (TPSA) is 35.2 Å². The van der Waals surface area contributed by atoms with Gasteiger partial charge in [-0.2, -0.15) is 8.78 Å². The largest absolute Gasteiger partial charge is 0.373 e. The fourth-order valence-electron chi connectivity index (χ4n) is 2.37. The molecule has 0 unspecified atom stereocenters. The Hall–Kier alpha value is -1.00. The van der Waals surface area contributed by atoms with Gasteiger partial charge in [-0.05, 0) is 12.8 Å². The van der Waals surface area contributed by atoms with E-state index >= 15 is 0 Å². The molecule has 0 amide bonds. The summed E-state index contributed by atoms with van der Waals surface area (Å²) in [5, 5.41) is 0. The minimum absolute atomic E-state index is 0.0116. The summed E-state index contributed by atoms with van der Waals surface area (Å²) in [6, 6.07) is 7.75. The van der Waals surface area contributed by atoms with E-state index in [0.29, 0.717) is 0 Å². The van der Waals surface area contributed by atoms with Crippen LogP contribution in [0.2, 0.25) is 0 Å². The number of nitrogens with two attached hydrogens (primary N) is 1. The molecule has 4 heteroatoms. The van der Waals surface area contributed by atoms with E-state index in [-0.39, 0.29) is 12.2 Å². The first kappa shape index (κ1) is 13.4. The monoisotopic (exact) mass is 255 g/mol. The quantitative estimate of drug-likeness (QED) is 0.877. The second-order valence-electron chi connectivity index (χ2n) is 5.13. The summed E-state index contributed by atoms with van der Waals surface area (Å²) < 4.78 is 32.7. The predicted octanol–water partition coefficient (Wildman–Crippen LogP) is 3.07. The molecule has 0 saturated heterocycles. The average molecular weight is 255 g/mol. The van der Waals surface area contributed by atoms with Crippen LogP contribution in [0.3, 0.4) is 0 Å². The van der Waals surface area contributed by atoms with Crippen LogP contribution in [0.4, 0.5) is 8.78 Å². The van der Waals surface area contributed by atoms with Crippen molar-refractivity contribution < 1.29 is 13.5 Å². The van der Waals surface area contributed by atoms with Crippen molar-refractivity contribution in [1.29, 1.82) is 0 Å². The lowest BCUT2D eigenvalue weighted by Gasteiger charge is -2.25. The van der Waals surface area contributed by atoms with Gasteiger partial charge in [0.15, 0.2) is 0 Å². The highest BCUT2D eigenvalue weighted by molar-refractivity contribution is 5.19. The molecule has 0 radical (unpaired) electrons. The maximum atomic E-state index is 13.8. The number of ether oxygens (including phenoxy) is 1. The number of alkyl halides is 2. The van der Waals surface area contributed by atoms with Gasteiger partial charge >= 0.3 is 0 Å². The molecule has 1 saturated carbocycles. The molecular weight excluding hydrogens is 236 g/mol. The summed E-state index contributed by atoms with van der Waals surface area (Å²) >= 11 is 0. The average Bonchev–Trinajstić information content (AvgIpc) is 2.77. The summed E-state index contributed by atoms with van der Waals surface area (Å²) in [5.41, 5.74) is 5.65. The van der Waals surface area contributed by atoms with Gasteiger partial charge in [0, 0.05) is 11.1 Å². The number of hydrogen-bond donors (Lipinski definition) is 1. The standard InChI is InChI=1S/C14H19F2NO/c15-14(16,12-6-2-1-3-7-12)11-18-10-13(17)8-4-5-9-13/h1-3,6-7H,4-5,8-11,17H2. The normalized spacial score (nSPS) is 19.1. The number of halogens is 2. The maximum absolute atomic E-state index is 13.8. The van der Waals surface area contributed by atoms with Crippen molar-refractivity contribution in [3.63, 3.8) is 0 Å². The molecular formula is C14H19F2NO. The van der Waals surface area contributed by atoms with Gasteiger partial charge in [-0.25, -0.2) is 0 Å². The lowest BCUT2D eigenvalue weighted by molar-refractivity contribution is -0.0904. The van der Waals surface area contributed by atoms with Crippen LogP contribution >= 0.6 is 0 Å². The third-order valence-electron chi connectivity index (χ3n) is 3.47. The van der Waals surface area contributed by atoms with Gasteiger partial charge < -0.3 is 10.5 Å². The van der Waals surface area contributed by atoms with Gasteiger partial charge in [-0.15, -0.1) is 0 Å². The highest BCUT2D eigenvalue weighted by atomic mass is 19.3. The van der Waals surface area contributed by atoms with Crippen LogP contribution in [0.15, 0.2) is 30.3 Å². The van der Waals surface area contributed by atoms with Crippen LogP contribution in [-0.4, -0.2) is 18.8 Å². The third kappa shape index (κ3) is 3.27. The summed E-state index contributed by atoms with van der Waals surface area (Å²) in [7, 11) is 0. The summed E-state index contributed by atoms with van der Waals surface area (Å²) in [4.78, 5) is 0. The van der Waals surface area contributed by atoms with E-state index in [9.17, 15) is 8.78 Å². The van der Waals surface area contributed by atoms with Crippen molar-refractivity contribution in [3.05, 3.63) is 35.9 Å². The summed E-state index contributed by atoms with van der Waals surface area (Å²) in [6.45, 7) is -0.384. The van der Waals surface area contributed by atoms with Gasteiger partial charge in [0.25, 0.3) is 5.92 Å². The third-order valence-corrected chi connectivity index (χ3v) is 3.47. The zero-order valence-corrected chi connectivity index (χ0v) is 10.4. The van der Waals surface area contributed by atoms with Crippen LogP contribution in [0.1, 0.15) is 31.2 Å². The molecule has 1 aromatic carbocycles. The zero-order valence-electron chi connectivity index (χ0n) is 10.4. The molecule has 1 aliphatic carbocycles. The Morgan fingerprint density at radius 1 is 1.17 bits per heavy atom. The van der Waals surface area contributed by atoms with Crippen LogP contribution in [0, 0.1) is 0 Å². The molecule has 18 heavy (non-hydrogen) atoms. The molecule has 0 aromatic heterocycles. The first-order valence-electron chi connectivity index (χ1n) is 6.32. The Labute approximate surface area is 106 Å². The lowest BCUT2D eigenvalue weighted by Crippen LogP contribution is -2.42. The highest BCUT2D eigenvalue weighted by Crippen LogP contribution is 2.30. The first-order valence-corrected chi connectivity index (χ1v) is 6.32. The van der Waals surface area contributed by atoms with Crippen molar-refractivity contribution in [2.75, 3.05) is 13.2 Å². The summed E-state index contributed by atoms with van der Waals surface area (Å²) in [6.07, 6.45) is 3.86. The van der Waals surface area contributed by atoms with E-state index in [1.165, 1.54) is 12.1 Å². The zero-order chi connectivity index (χ0) is 13.1. The Balaban J connectivity index is 1.86. The molecule has 0 atom stereocenters. The molecule has 0 spiro atoms. The molecule has 0 aliphatic heterocycles. The van der Waals surface area contributed by atoms with Crippen molar-refractivity contribution in [2.45, 2.75) is 37.1 Å². The van der Waals surface area contributed by atoms with Gasteiger partial charge in [0.1, 0.15) is 6.61 Å². The number of hydrogen-bond acceptors (Lipinski definition) is 2. The van der Waals surface area contributed by atoms with Gasteiger partial charge in [-0.1, -0.05) is 43.2 Å². The van der Waals surface area contributed by atoms with E-state index in [2.05, 4.69) is 0 Å². The van der Waals surface area contributed by atoms with Crippen LogP contribution in [0.25, 0.3) is 0 Å². The highest BCUT2D eigenvalue weighted by Gasteiger charge is 2.34. The van der Waals surface area contributed by atoms with Gasteiger partial charge in [0.05, 0.1) is 6.61 Å². The second-order valence-corrected chi connectivity index (χ2v) is 5.13. The fourth-order valence-corrected chi connectivity index (χ4v) is 2.37. The molecule has 0 bridgehead atoms. The van der Waals surface area contributed by atoms with E-state index in [4.69, 9.17) is 10.5 Å². The molecule has 100 valence electrons. The van der Waals surface area contributed by atoms with Gasteiger partial charge in [-0.3, -0.25) is 0 Å². The first-order chi connectivity index (χ1) is 8.52. The summed E-state index contributed by atoms with van der Waals surface area (Å²) in [5.74, 6) is -2.95. The Morgan fingerprint density at radius 3 is 2.39 bits per heavy atom. The van der Waals surface area contributed by atoms with E-state index in [1.807, 2.05) is 0 Å². The van der Waals surface area contributed by atoms with Gasteiger partial charge in [0.2, 0.25) is 0 Å². The Bertz CT molecular complexity index is 375. The molecule has 2 rings (SSSR count). The Kier molecular flexibility index (Phi) is 3.97. The maximum Gasteiger partial charge on any atom is 0.296 e. The van der Waals surface area contributed by atoms with E-state index in [1.54, 1.807) is 18.2 Å². The molecule has 1 fully saturated rings. The molecule has 2 nitrogen and oxygen atoms in total. The fraction of sp³-hybridized carbons (Fsp3) is 0.571. The van der Waals surface area contributed by atoms with Crippen LogP contribution in [-0.2, 0) is 10.7 Å². The smallest absolute Gasteiger partial charge is 0.296 e.